The standard InChI is InChI=1S/C14H8BrF2NO3/c15-10-5-4-7(6-9(10)14(20)21)18-13(19)8-2-1-3-11(16)12(8)17/h1-6H,(H,18,19)(H,20,21). The molecule has 0 aliphatic rings. The first kappa shape index (κ1) is 15.1. The van der Waals surface area contributed by atoms with Crippen molar-refractivity contribution in [3.8, 4) is 0 Å². The number of aromatic carboxylic acids is 1. The maximum Gasteiger partial charge on any atom is 0.336 e. The molecule has 0 fully saturated rings. The summed E-state index contributed by atoms with van der Waals surface area (Å²) in [6.45, 7) is 0. The lowest BCUT2D eigenvalue weighted by molar-refractivity contribution is 0.0695. The lowest BCUT2D eigenvalue weighted by Gasteiger charge is -2.08. The van der Waals surface area contributed by atoms with E-state index in [1.165, 1.54) is 24.3 Å². The first-order valence-electron chi connectivity index (χ1n) is 5.68. The normalized spacial score (nSPS) is 10.2. The number of halogens is 3. The Bertz CT molecular complexity index is 734. The van der Waals surface area contributed by atoms with Crippen molar-refractivity contribution in [1.29, 1.82) is 0 Å². The average Bonchev–Trinajstić information content (AvgIpc) is 2.43. The number of nitrogens with one attached hydrogen (secondary N) is 1. The van der Waals surface area contributed by atoms with Crippen LogP contribution in [0.5, 0.6) is 0 Å². The third-order valence-corrected chi connectivity index (χ3v) is 3.34. The molecule has 0 saturated carbocycles. The van der Waals surface area contributed by atoms with Crippen LogP contribution in [0.25, 0.3) is 0 Å². The summed E-state index contributed by atoms with van der Waals surface area (Å²) in [5, 5.41) is 11.3. The molecular formula is C14H8BrF2NO3. The molecule has 0 aliphatic heterocycles. The van der Waals surface area contributed by atoms with Crippen molar-refractivity contribution in [3.05, 3.63) is 63.6 Å². The molecule has 0 bridgehead atoms. The number of amides is 1. The topological polar surface area (TPSA) is 66.4 Å². The third kappa shape index (κ3) is 3.25. The predicted octanol–water partition coefficient (Wildman–Crippen LogP) is 3.68. The number of benzene rings is 2. The van der Waals surface area contributed by atoms with Crippen LogP contribution in [0.15, 0.2) is 40.9 Å². The van der Waals surface area contributed by atoms with E-state index in [0.717, 1.165) is 12.1 Å². The van der Waals surface area contributed by atoms with Gasteiger partial charge in [-0.2, -0.15) is 0 Å². The lowest BCUT2D eigenvalue weighted by Crippen LogP contribution is -2.15. The van der Waals surface area contributed by atoms with Crippen LogP contribution >= 0.6 is 15.9 Å². The largest absolute Gasteiger partial charge is 0.478 e. The monoisotopic (exact) mass is 355 g/mol. The highest BCUT2D eigenvalue weighted by molar-refractivity contribution is 9.10. The number of carbonyl (C=O) groups excluding carboxylic acids is 1. The van der Waals surface area contributed by atoms with Crippen LogP contribution in [-0.2, 0) is 0 Å². The molecule has 2 aromatic carbocycles. The molecule has 0 saturated heterocycles. The zero-order valence-corrected chi connectivity index (χ0v) is 11.9. The smallest absolute Gasteiger partial charge is 0.336 e. The van der Waals surface area contributed by atoms with E-state index < -0.39 is 29.1 Å². The Morgan fingerprint density at radius 3 is 2.48 bits per heavy atom. The van der Waals surface area contributed by atoms with Gasteiger partial charge in [0.25, 0.3) is 5.91 Å². The van der Waals surface area contributed by atoms with Gasteiger partial charge in [-0.05, 0) is 46.3 Å². The molecule has 108 valence electrons. The Morgan fingerprint density at radius 1 is 1.10 bits per heavy atom. The van der Waals surface area contributed by atoms with Crippen molar-refractivity contribution in [1.82, 2.24) is 0 Å². The summed E-state index contributed by atoms with van der Waals surface area (Å²) >= 11 is 3.06. The maximum absolute atomic E-state index is 13.5. The van der Waals surface area contributed by atoms with Gasteiger partial charge < -0.3 is 10.4 Å². The van der Waals surface area contributed by atoms with Gasteiger partial charge in [0, 0.05) is 10.2 Å². The maximum atomic E-state index is 13.5. The highest BCUT2D eigenvalue weighted by Gasteiger charge is 2.16. The van der Waals surface area contributed by atoms with Crippen molar-refractivity contribution >= 4 is 33.5 Å². The van der Waals surface area contributed by atoms with Crippen LogP contribution in [-0.4, -0.2) is 17.0 Å². The highest BCUT2D eigenvalue weighted by Crippen LogP contribution is 2.22. The Kier molecular flexibility index (Phi) is 4.32. The van der Waals surface area contributed by atoms with E-state index in [0.29, 0.717) is 4.47 Å². The molecule has 21 heavy (non-hydrogen) atoms. The van der Waals surface area contributed by atoms with Crippen molar-refractivity contribution < 1.29 is 23.5 Å². The summed E-state index contributed by atoms with van der Waals surface area (Å²) in [5.74, 6) is -4.45. The molecule has 7 heteroatoms. The summed E-state index contributed by atoms with van der Waals surface area (Å²) in [6.07, 6.45) is 0. The molecule has 0 unspecified atom stereocenters. The first-order valence-corrected chi connectivity index (χ1v) is 6.47. The van der Waals surface area contributed by atoms with Gasteiger partial charge in [-0.25, -0.2) is 13.6 Å². The zero-order valence-electron chi connectivity index (χ0n) is 10.4. The Labute approximate surface area is 126 Å². The quantitative estimate of drug-likeness (QED) is 0.882. The molecule has 0 aliphatic carbocycles. The van der Waals surface area contributed by atoms with Crippen LogP contribution in [0.4, 0.5) is 14.5 Å². The second kappa shape index (κ2) is 6.01. The SMILES string of the molecule is O=C(O)c1cc(NC(=O)c2cccc(F)c2F)ccc1Br. The van der Waals surface area contributed by atoms with Crippen LogP contribution < -0.4 is 5.32 Å². The number of carboxylic acid groups (broad SMARTS) is 1. The number of anilines is 1. The zero-order chi connectivity index (χ0) is 15.6. The van der Waals surface area contributed by atoms with Crippen molar-refractivity contribution in [2.45, 2.75) is 0 Å². The number of hydrogen-bond acceptors (Lipinski definition) is 2. The summed E-state index contributed by atoms with van der Waals surface area (Å²) in [6, 6.07) is 7.31. The number of carbonyl (C=O) groups is 2. The van der Waals surface area contributed by atoms with E-state index in [4.69, 9.17) is 5.11 Å². The minimum Gasteiger partial charge on any atom is -0.478 e. The van der Waals surface area contributed by atoms with Crippen molar-refractivity contribution in [3.63, 3.8) is 0 Å². The molecular weight excluding hydrogens is 348 g/mol. The predicted molar refractivity (Wildman–Crippen MR) is 75.4 cm³/mol. The van der Waals surface area contributed by atoms with Gasteiger partial charge >= 0.3 is 5.97 Å². The van der Waals surface area contributed by atoms with Gasteiger partial charge in [0.15, 0.2) is 11.6 Å². The molecule has 0 heterocycles. The molecule has 2 rings (SSSR count). The van der Waals surface area contributed by atoms with E-state index in [9.17, 15) is 18.4 Å². The number of hydrogen-bond donors (Lipinski definition) is 2. The van der Waals surface area contributed by atoms with Gasteiger partial charge in [0.05, 0.1) is 11.1 Å². The van der Waals surface area contributed by atoms with Crippen LogP contribution in [0.3, 0.4) is 0 Å². The van der Waals surface area contributed by atoms with Gasteiger partial charge in [-0.3, -0.25) is 4.79 Å². The second-order valence-electron chi connectivity index (χ2n) is 4.06. The van der Waals surface area contributed by atoms with Crippen LogP contribution in [0.2, 0.25) is 0 Å². The molecule has 2 aromatic rings. The Morgan fingerprint density at radius 2 is 1.81 bits per heavy atom. The van der Waals surface area contributed by atoms with Crippen molar-refractivity contribution in [2.24, 2.45) is 0 Å². The van der Waals surface area contributed by atoms with E-state index in [2.05, 4.69) is 21.2 Å². The van der Waals surface area contributed by atoms with Gasteiger partial charge in [0.1, 0.15) is 0 Å². The number of carboxylic acids is 1. The van der Waals surface area contributed by atoms with E-state index in [1.807, 2.05) is 0 Å². The summed E-state index contributed by atoms with van der Waals surface area (Å²) < 4.78 is 26.9. The number of rotatable bonds is 3. The fraction of sp³-hybridized carbons (Fsp3) is 0. The molecule has 0 spiro atoms. The van der Waals surface area contributed by atoms with E-state index in [-0.39, 0.29) is 11.3 Å². The second-order valence-corrected chi connectivity index (χ2v) is 4.91. The summed E-state index contributed by atoms with van der Waals surface area (Å²) in [4.78, 5) is 22.9. The lowest BCUT2D eigenvalue weighted by atomic mass is 10.1. The van der Waals surface area contributed by atoms with Gasteiger partial charge in [-0.1, -0.05) is 6.07 Å². The molecule has 1 amide bonds. The fourth-order valence-electron chi connectivity index (χ4n) is 1.64. The van der Waals surface area contributed by atoms with E-state index >= 15 is 0 Å². The van der Waals surface area contributed by atoms with Crippen LogP contribution in [0.1, 0.15) is 20.7 Å². The molecule has 2 N–H and O–H groups in total. The van der Waals surface area contributed by atoms with Crippen LogP contribution in [0, 0.1) is 11.6 Å². The summed E-state index contributed by atoms with van der Waals surface area (Å²) in [7, 11) is 0. The fourth-order valence-corrected chi connectivity index (χ4v) is 2.06. The molecule has 4 nitrogen and oxygen atoms in total. The van der Waals surface area contributed by atoms with Crippen molar-refractivity contribution in [2.75, 3.05) is 5.32 Å². The van der Waals surface area contributed by atoms with Gasteiger partial charge in [-0.15, -0.1) is 0 Å². The minimum absolute atomic E-state index is 0.0625. The summed E-state index contributed by atoms with van der Waals surface area (Å²) in [5.41, 5.74) is -0.369. The van der Waals surface area contributed by atoms with E-state index in [1.54, 1.807) is 0 Å². The van der Waals surface area contributed by atoms with Gasteiger partial charge in [0.2, 0.25) is 0 Å². The molecule has 0 aromatic heterocycles. The minimum atomic E-state index is -1.26. The first-order chi connectivity index (χ1) is 9.90. The third-order valence-electron chi connectivity index (χ3n) is 2.65. The Balaban J connectivity index is 2.30. The molecule has 0 radical (unpaired) electrons. The Hall–Kier alpha value is -2.28. The molecule has 0 atom stereocenters. The highest BCUT2D eigenvalue weighted by atomic mass is 79.9. The average molecular weight is 356 g/mol.